The van der Waals surface area contributed by atoms with Gasteiger partial charge in [-0.3, -0.25) is 4.79 Å². The molecule has 0 N–H and O–H groups in total. The van der Waals surface area contributed by atoms with Gasteiger partial charge in [-0.15, -0.1) is 0 Å². The van der Waals surface area contributed by atoms with Gasteiger partial charge < -0.3 is 9.47 Å². The third-order valence-corrected chi connectivity index (χ3v) is 2.18. The standard InChI is InChI=1S/C14H16O3/c1-4-17-14(15)7-5-6-12-9-8-11(2)13(10-12)16-3/h8-10H,4,7H2,1-3H3. The van der Waals surface area contributed by atoms with Gasteiger partial charge in [0, 0.05) is 5.56 Å². The minimum Gasteiger partial charge on any atom is -0.496 e. The van der Waals surface area contributed by atoms with Crippen LogP contribution in [-0.2, 0) is 9.53 Å². The summed E-state index contributed by atoms with van der Waals surface area (Å²) >= 11 is 0. The van der Waals surface area contributed by atoms with Crippen molar-refractivity contribution in [2.75, 3.05) is 13.7 Å². The number of ether oxygens (including phenoxy) is 2. The molecule has 0 atom stereocenters. The van der Waals surface area contributed by atoms with Crippen molar-refractivity contribution in [1.29, 1.82) is 0 Å². The van der Waals surface area contributed by atoms with E-state index in [1.165, 1.54) is 0 Å². The van der Waals surface area contributed by atoms with Crippen LogP contribution in [0.4, 0.5) is 0 Å². The van der Waals surface area contributed by atoms with Crippen molar-refractivity contribution < 1.29 is 14.3 Å². The maximum Gasteiger partial charge on any atom is 0.317 e. The second kappa shape index (κ2) is 6.59. The Labute approximate surface area is 102 Å². The van der Waals surface area contributed by atoms with Crippen LogP contribution in [0.3, 0.4) is 0 Å². The number of esters is 1. The fourth-order valence-electron chi connectivity index (χ4n) is 1.33. The fraction of sp³-hybridized carbons (Fsp3) is 0.357. The minimum atomic E-state index is -0.293. The lowest BCUT2D eigenvalue weighted by Gasteiger charge is -2.03. The highest BCUT2D eigenvalue weighted by atomic mass is 16.5. The molecule has 0 aromatic heterocycles. The van der Waals surface area contributed by atoms with Crippen LogP contribution in [0.5, 0.6) is 5.75 Å². The van der Waals surface area contributed by atoms with Crippen LogP contribution < -0.4 is 4.74 Å². The van der Waals surface area contributed by atoms with Crippen molar-refractivity contribution in [3.05, 3.63) is 29.3 Å². The first-order valence-electron chi connectivity index (χ1n) is 5.46. The van der Waals surface area contributed by atoms with Crippen LogP contribution in [0, 0.1) is 18.8 Å². The molecule has 1 aromatic rings. The van der Waals surface area contributed by atoms with E-state index in [0.717, 1.165) is 16.9 Å². The van der Waals surface area contributed by atoms with Crippen molar-refractivity contribution in [3.8, 4) is 17.6 Å². The summed E-state index contributed by atoms with van der Waals surface area (Å²) in [5.74, 6) is 6.19. The summed E-state index contributed by atoms with van der Waals surface area (Å²) in [4.78, 5) is 11.1. The first-order chi connectivity index (χ1) is 8.17. The molecule has 3 heteroatoms. The molecule has 0 aliphatic heterocycles. The van der Waals surface area contributed by atoms with E-state index >= 15 is 0 Å². The Morgan fingerprint density at radius 2 is 2.18 bits per heavy atom. The minimum absolute atomic E-state index is 0.115. The first kappa shape index (κ1) is 13.1. The molecule has 0 amide bonds. The molecule has 0 aliphatic rings. The number of carbonyl (C=O) groups is 1. The van der Waals surface area contributed by atoms with Crippen LogP contribution in [0.15, 0.2) is 18.2 Å². The zero-order valence-electron chi connectivity index (χ0n) is 10.4. The molecule has 3 nitrogen and oxygen atoms in total. The fourth-order valence-corrected chi connectivity index (χ4v) is 1.33. The van der Waals surface area contributed by atoms with Gasteiger partial charge in [0.1, 0.15) is 12.2 Å². The molecule has 0 heterocycles. The third-order valence-electron chi connectivity index (χ3n) is 2.18. The van der Waals surface area contributed by atoms with E-state index in [1.807, 2.05) is 25.1 Å². The van der Waals surface area contributed by atoms with E-state index in [-0.39, 0.29) is 12.4 Å². The molecule has 0 aliphatic carbocycles. The molecule has 0 saturated carbocycles. The normalized spacial score (nSPS) is 9.12. The number of carbonyl (C=O) groups excluding carboxylic acids is 1. The Balaban J connectivity index is 2.69. The Bertz CT molecular complexity index is 452. The highest BCUT2D eigenvalue weighted by Gasteiger charge is 1.99. The summed E-state index contributed by atoms with van der Waals surface area (Å²) in [7, 11) is 1.62. The summed E-state index contributed by atoms with van der Waals surface area (Å²) < 4.78 is 9.97. The average molecular weight is 232 g/mol. The summed E-state index contributed by atoms with van der Waals surface area (Å²) in [5.41, 5.74) is 1.89. The van der Waals surface area contributed by atoms with E-state index in [2.05, 4.69) is 11.8 Å². The van der Waals surface area contributed by atoms with E-state index in [1.54, 1.807) is 14.0 Å². The van der Waals surface area contributed by atoms with Crippen LogP contribution in [-0.4, -0.2) is 19.7 Å². The van der Waals surface area contributed by atoms with Crippen molar-refractivity contribution >= 4 is 5.97 Å². The number of rotatable bonds is 3. The third kappa shape index (κ3) is 4.20. The van der Waals surface area contributed by atoms with Gasteiger partial charge in [0.2, 0.25) is 0 Å². The van der Waals surface area contributed by atoms with Crippen LogP contribution in [0.2, 0.25) is 0 Å². The van der Waals surface area contributed by atoms with Crippen molar-refractivity contribution in [3.63, 3.8) is 0 Å². The molecule has 1 rings (SSSR count). The van der Waals surface area contributed by atoms with Gasteiger partial charge in [-0.05, 0) is 31.5 Å². The predicted octanol–water partition coefficient (Wildman–Crippen LogP) is 2.31. The number of aryl methyl sites for hydroxylation is 1. The number of hydrogen-bond acceptors (Lipinski definition) is 3. The van der Waals surface area contributed by atoms with Gasteiger partial charge in [0.05, 0.1) is 13.7 Å². The SMILES string of the molecule is CCOC(=O)CC#Cc1ccc(C)c(OC)c1. The lowest BCUT2D eigenvalue weighted by molar-refractivity contribution is -0.141. The number of benzene rings is 1. The Hall–Kier alpha value is -1.95. The van der Waals surface area contributed by atoms with E-state index in [0.29, 0.717) is 6.61 Å². The second-order valence-electron chi connectivity index (χ2n) is 3.47. The van der Waals surface area contributed by atoms with Crippen LogP contribution in [0.1, 0.15) is 24.5 Å². The zero-order chi connectivity index (χ0) is 12.7. The quantitative estimate of drug-likeness (QED) is 0.592. The van der Waals surface area contributed by atoms with Crippen molar-refractivity contribution in [2.45, 2.75) is 20.3 Å². The molecule has 0 unspecified atom stereocenters. The zero-order valence-corrected chi connectivity index (χ0v) is 10.4. The van der Waals surface area contributed by atoms with E-state index in [4.69, 9.17) is 9.47 Å². The maximum atomic E-state index is 11.1. The van der Waals surface area contributed by atoms with Crippen LogP contribution >= 0.6 is 0 Å². The van der Waals surface area contributed by atoms with Gasteiger partial charge in [-0.2, -0.15) is 0 Å². The van der Waals surface area contributed by atoms with Gasteiger partial charge in [-0.1, -0.05) is 17.9 Å². The van der Waals surface area contributed by atoms with Crippen LogP contribution in [0.25, 0.3) is 0 Å². The van der Waals surface area contributed by atoms with Gasteiger partial charge in [0.15, 0.2) is 0 Å². The summed E-state index contributed by atoms with van der Waals surface area (Å²) in [6, 6.07) is 5.69. The lowest BCUT2D eigenvalue weighted by Crippen LogP contribution is -2.01. The number of methoxy groups -OCH3 is 1. The largest absolute Gasteiger partial charge is 0.496 e. The second-order valence-corrected chi connectivity index (χ2v) is 3.47. The average Bonchev–Trinajstić information content (AvgIpc) is 2.31. The molecule has 0 spiro atoms. The molecule has 0 fully saturated rings. The highest BCUT2D eigenvalue weighted by Crippen LogP contribution is 2.18. The molecule has 0 saturated heterocycles. The maximum absolute atomic E-state index is 11.1. The van der Waals surface area contributed by atoms with E-state index < -0.39 is 0 Å². The van der Waals surface area contributed by atoms with Crippen molar-refractivity contribution in [2.24, 2.45) is 0 Å². The molecular weight excluding hydrogens is 216 g/mol. The molecular formula is C14H16O3. The Morgan fingerprint density at radius 3 is 2.82 bits per heavy atom. The molecule has 17 heavy (non-hydrogen) atoms. The smallest absolute Gasteiger partial charge is 0.317 e. The lowest BCUT2D eigenvalue weighted by atomic mass is 10.1. The molecule has 0 radical (unpaired) electrons. The highest BCUT2D eigenvalue weighted by molar-refractivity contribution is 5.72. The first-order valence-corrected chi connectivity index (χ1v) is 5.46. The Morgan fingerprint density at radius 1 is 1.41 bits per heavy atom. The Kier molecular flexibility index (Phi) is 5.09. The van der Waals surface area contributed by atoms with Crippen molar-refractivity contribution in [1.82, 2.24) is 0 Å². The molecule has 90 valence electrons. The van der Waals surface area contributed by atoms with Gasteiger partial charge in [-0.25, -0.2) is 0 Å². The monoisotopic (exact) mass is 232 g/mol. The number of hydrogen-bond donors (Lipinski definition) is 0. The van der Waals surface area contributed by atoms with Gasteiger partial charge in [0.25, 0.3) is 0 Å². The summed E-state index contributed by atoms with van der Waals surface area (Å²) in [5, 5.41) is 0. The topological polar surface area (TPSA) is 35.5 Å². The summed E-state index contributed by atoms with van der Waals surface area (Å²) in [6.45, 7) is 4.13. The summed E-state index contributed by atoms with van der Waals surface area (Å²) in [6.07, 6.45) is 0.115. The molecule has 0 bridgehead atoms. The predicted molar refractivity (Wildman–Crippen MR) is 65.9 cm³/mol. The van der Waals surface area contributed by atoms with Gasteiger partial charge >= 0.3 is 5.97 Å². The molecule has 1 aromatic carbocycles. The van der Waals surface area contributed by atoms with E-state index in [9.17, 15) is 4.79 Å².